The third-order valence-electron chi connectivity index (χ3n) is 2.79. The average Bonchev–Trinajstić information content (AvgIpc) is 2.17. The van der Waals surface area contributed by atoms with E-state index in [2.05, 4.69) is 5.32 Å². The molecule has 0 amide bonds. The highest BCUT2D eigenvalue weighted by atomic mass is 16.5. The van der Waals surface area contributed by atoms with E-state index in [1.807, 2.05) is 31.2 Å². The van der Waals surface area contributed by atoms with Crippen molar-refractivity contribution in [2.45, 2.75) is 18.9 Å². The first-order chi connectivity index (χ1) is 7.61. The molecule has 0 atom stereocenters. The Labute approximate surface area is 94.2 Å². The van der Waals surface area contributed by atoms with E-state index in [-0.39, 0.29) is 6.42 Å². The van der Waals surface area contributed by atoms with Crippen molar-refractivity contribution in [2.24, 2.45) is 0 Å². The van der Waals surface area contributed by atoms with Gasteiger partial charge < -0.3 is 15.2 Å². The van der Waals surface area contributed by atoms with Gasteiger partial charge in [0.2, 0.25) is 0 Å². The molecule has 1 aromatic rings. The van der Waals surface area contributed by atoms with Crippen molar-refractivity contribution in [1.29, 1.82) is 0 Å². The molecular formula is C12H15NO3. The van der Waals surface area contributed by atoms with Crippen LogP contribution >= 0.6 is 0 Å². The van der Waals surface area contributed by atoms with Crippen LogP contribution in [0.4, 0.5) is 0 Å². The zero-order chi connectivity index (χ0) is 11.6. The second kappa shape index (κ2) is 4.14. The van der Waals surface area contributed by atoms with Gasteiger partial charge in [-0.1, -0.05) is 18.2 Å². The molecule has 4 heteroatoms. The van der Waals surface area contributed by atoms with Crippen molar-refractivity contribution in [3.63, 3.8) is 0 Å². The second-order valence-electron chi connectivity index (χ2n) is 4.22. The molecule has 1 saturated heterocycles. The molecule has 0 spiro atoms. The van der Waals surface area contributed by atoms with Crippen LogP contribution < -0.4 is 10.1 Å². The van der Waals surface area contributed by atoms with Crippen molar-refractivity contribution in [3.05, 3.63) is 29.8 Å². The van der Waals surface area contributed by atoms with Gasteiger partial charge in [-0.2, -0.15) is 0 Å². The van der Waals surface area contributed by atoms with E-state index in [0.717, 1.165) is 11.3 Å². The van der Waals surface area contributed by atoms with E-state index in [4.69, 9.17) is 9.84 Å². The molecule has 1 aliphatic rings. The molecule has 0 aliphatic carbocycles. The van der Waals surface area contributed by atoms with Gasteiger partial charge in [0, 0.05) is 13.1 Å². The van der Waals surface area contributed by atoms with Crippen molar-refractivity contribution in [3.8, 4) is 5.75 Å². The molecule has 0 radical (unpaired) electrons. The summed E-state index contributed by atoms with van der Waals surface area (Å²) in [6, 6.07) is 7.65. The lowest BCUT2D eigenvalue weighted by atomic mass is 9.92. The van der Waals surface area contributed by atoms with Gasteiger partial charge in [0.15, 0.2) is 0 Å². The van der Waals surface area contributed by atoms with E-state index in [0.29, 0.717) is 13.1 Å². The van der Waals surface area contributed by atoms with Crippen LogP contribution in [0.5, 0.6) is 5.75 Å². The van der Waals surface area contributed by atoms with Crippen molar-refractivity contribution < 1.29 is 14.6 Å². The summed E-state index contributed by atoms with van der Waals surface area (Å²) >= 11 is 0. The first-order valence-electron chi connectivity index (χ1n) is 5.28. The van der Waals surface area contributed by atoms with Crippen LogP contribution in [-0.4, -0.2) is 29.8 Å². The van der Waals surface area contributed by atoms with Gasteiger partial charge in [0.05, 0.1) is 6.42 Å². The number of benzene rings is 1. The number of carboxylic acid groups (broad SMARTS) is 1. The van der Waals surface area contributed by atoms with E-state index in [1.165, 1.54) is 0 Å². The van der Waals surface area contributed by atoms with Gasteiger partial charge in [-0.3, -0.25) is 4.79 Å². The predicted octanol–water partition coefficient (Wildman–Crippen LogP) is 1.19. The van der Waals surface area contributed by atoms with Gasteiger partial charge in [0.25, 0.3) is 0 Å². The highest BCUT2D eigenvalue weighted by Gasteiger charge is 2.41. The van der Waals surface area contributed by atoms with Gasteiger partial charge in [0.1, 0.15) is 11.4 Å². The number of aliphatic carboxylic acids is 1. The highest BCUT2D eigenvalue weighted by molar-refractivity contribution is 5.68. The summed E-state index contributed by atoms with van der Waals surface area (Å²) in [5.41, 5.74) is 0.456. The number of carbonyl (C=O) groups is 1. The summed E-state index contributed by atoms with van der Waals surface area (Å²) in [6.45, 7) is 3.14. The number of nitrogens with one attached hydrogen (secondary N) is 1. The molecule has 1 fully saturated rings. The molecule has 86 valence electrons. The first kappa shape index (κ1) is 11.0. The summed E-state index contributed by atoms with van der Waals surface area (Å²) in [4.78, 5) is 10.8. The number of rotatable bonds is 4. The Morgan fingerprint density at radius 1 is 1.50 bits per heavy atom. The average molecular weight is 221 g/mol. The molecule has 0 saturated carbocycles. The third kappa shape index (κ3) is 2.17. The quantitative estimate of drug-likeness (QED) is 0.801. The van der Waals surface area contributed by atoms with E-state index >= 15 is 0 Å². The highest BCUT2D eigenvalue weighted by Crippen LogP contribution is 2.27. The Morgan fingerprint density at radius 3 is 2.69 bits per heavy atom. The number of para-hydroxylation sites is 1. The molecule has 2 N–H and O–H groups in total. The van der Waals surface area contributed by atoms with Gasteiger partial charge in [-0.15, -0.1) is 0 Å². The maximum Gasteiger partial charge on any atom is 0.307 e. The SMILES string of the molecule is Cc1ccccc1OC1(CC(=O)O)CNC1. The topological polar surface area (TPSA) is 58.6 Å². The summed E-state index contributed by atoms with van der Waals surface area (Å²) in [5, 5.41) is 11.9. The Balaban J connectivity index is 2.13. The number of hydrogen-bond donors (Lipinski definition) is 2. The fraction of sp³-hybridized carbons (Fsp3) is 0.417. The minimum absolute atomic E-state index is 0.0360. The fourth-order valence-electron chi connectivity index (χ4n) is 1.82. The molecule has 1 heterocycles. The van der Waals surface area contributed by atoms with Crippen molar-refractivity contribution in [2.75, 3.05) is 13.1 Å². The zero-order valence-corrected chi connectivity index (χ0v) is 9.19. The van der Waals surface area contributed by atoms with Gasteiger partial charge in [-0.25, -0.2) is 0 Å². The number of aryl methyl sites for hydroxylation is 1. The van der Waals surface area contributed by atoms with Crippen LogP contribution in [0, 0.1) is 6.92 Å². The smallest absolute Gasteiger partial charge is 0.307 e. The molecular weight excluding hydrogens is 206 g/mol. The maximum absolute atomic E-state index is 10.8. The second-order valence-corrected chi connectivity index (χ2v) is 4.22. The maximum atomic E-state index is 10.8. The lowest BCUT2D eigenvalue weighted by Gasteiger charge is -2.41. The zero-order valence-electron chi connectivity index (χ0n) is 9.19. The van der Waals surface area contributed by atoms with Crippen LogP contribution in [-0.2, 0) is 4.79 Å². The van der Waals surface area contributed by atoms with Crippen LogP contribution in [0.2, 0.25) is 0 Å². The molecule has 0 bridgehead atoms. The molecule has 16 heavy (non-hydrogen) atoms. The molecule has 0 unspecified atom stereocenters. The molecule has 1 aromatic carbocycles. The van der Waals surface area contributed by atoms with Crippen molar-refractivity contribution in [1.82, 2.24) is 5.32 Å². The molecule has 0 aromatic heterocycles. The van der Waals surface area contributed by atoms with E-state index < -0.39 is 11.6 Å². The standard InChI is InChI=1S/C12H15NO3/c1-9-4-2-3-5-10(9)16-12(6-11(14)15)7-13-8-12/h2-5,13H,6-8H2,1H3,(H,14,15). The fourth-order valence-corrected chi connectivity index (χ4v) is 1.82. The lowest BCUT2D eigenvalue weighted by Crippen LogP contribution is -2.64. The number of ether oxygens (including phenoxy) is 1. The lowest BCUT2D eigenvalue weighted by molar-refractivity contribution is -0.143. The predicted molar refractivity (Wildman–Crippen MR) is 59.7 cm³/mol. The van der Waals surface area contributed by atoms with E-state index in [9.17, 15) is 4.79 Å². The van der Waals surface area contributed by atoms with Crippen LogP contribution in [0.3, 0.4) is 0 Å². The summed E-state index contributed by atoms with van der Waals surface area (Å²) in [7, 11) is 0. The first-order valence-corrected chi connectivity index (χ1v) is 5.28. The molecule has 2 rings (SSSR count). The normalized spacial score (nSPS) is 17.6. The summed E-state index contributed by atoms with van der Waals surface area (Å²) < 4.78 is 5.84. The largest absolute Gasteiger partial charge is 0.484 e. The van der Waals surface area contributed by atoms with Crippen LogP contribution in [0.15, 0.2) is 24.3 Å². The van der Waals surface area contributed by atoms with E-state index in [1.54, 1.807) is 0 Å². The van der Waals surface area contributed by atoms with Crippen LogP contribution in [0.1, 0.15) is 12.0 Å². The minimum atomic E-state index is -0.824. The Morgan fingerprint density at radius 2 is 2.19 bits per heavy atom. The third-order valence-corrected chi connectivity index (χ3v) is 2.79. The minimum Gasteiger partial charge on any atom is -0.484 e. The summed E-state index contributed by atoms with van der Waals surface area (Å²) in [5.74, 6) is -0.0552. The number of hydrogen-bond acceptors (Lipinski definition) is 3. The Hall–Kier alpha value is -1.55. The Kier molecular flexibility index (Phi) is 2.83. The van der Waals surface area contributed by atoms with Crippen molar-refractivity contribution >= 4 is 5.97 Å². The molecule has 4 nitrogen and oxygen atoms in total. The summed E-state index contributed by atoms with van der Waals surface area (Å²) in [6.07, 6.45) is 0.0360. The van der Waals surface area contributed by atoms with Gasteiger partial charge >= 0.3 is 5.97 Å². The van der Waals surface area contributed by atoms with Gasteiger partial charge in [-0.05, 0) is 18.6 Å². The number of carboxylic acids is 1. The monoisotopic (exact) mass is 221 g/mol. The Bertz CT molecular complexity index is 399. The molecule has 1 aliphatic heterocycles. The van der Waals surface area contributed by atoms with Crippen LogP contribution in [0.25, 0.3) is 0 Å².